The zero-order valence-electron chi connectivity index (χ0n) is 13.2. The highest BCUT2D eigenvalue weighted by Gasteiger charge is 2.38. The van der Waals surface area contributed by atoms with Crippen molar-refractivity contribution in [2.45, 2.75) is 53.0 Å². The van der Waals surface area contributed by atoms with E-state index in [9.17, 15) is 4.79 Å². The second-order valence-electron chi connectivity index (χ2n) is 7.72. The fraction of sp³-hybridized carbons (Fsp3) is 0.625. The summed E-state index contributed by atoms with van der Waals surface area (Å²) in [6, 6.07) is 1.76. The molecular weight excluding hydrogens is 266 g/mol. The molecule has 0 radical (unpaired) electrons. The molecule has 2 rings (SSSR count). The highest BCUT2D eigenvalue weighted by Crippen LogP contribution is 2.46. The van der Waals surface area contributed by atoms with Gasteiger partial charge in [-0.25, -0.2) is 9.78 Å². The Labute approximate surface area is 126 Å². The third-order valence-corrected chi connectivity index (χ3v) is 4.06. The molecule has 1 aliphatic rings. The highest BCUT2D eigenvalue weighted by molar-refractivity contribution is 5.89. The number of carboxylic acids is 1. The molecule has 4 N–H and O–H groups in total. The summed E-state index contributed by atoms with van der Waals surface area (Å²) in [6.45, 7) is 9.14. The van der Waals surface area contributed by atoms with Gasteiger partial charge < -0.3 is 16.2 Å². The van der Waals surface area contributed by atoms with Crippen LogP contribution in [0, 0.1) is 10.8 Å². The highest BCUT2D eigenvalue weighted by atomic mass is 16.4. The van der Waals surface area contributed by atoms with Crippen LogP contribution in [-0.4, -0.2) is 22.1 Å². The Bertz CT molecular complexity index is 536. The Morgan fingerprint density at radius 1 is 1.33 bits per heavy atom. The number of pyridine rings is 1. The molecule has 0 unspecified atom stereocenters. The van der Waals surface area contributed by atoms with Gasteiger partial charge in [-0.2, -0.15) is 0 Å². The maximum Gasteiger partial charge on any atom is 0.337 e. The number of nitrogens with one attached hydrogen (secondary N) is 1. The number of nitrogen functional groups attached to an aromatic ring is 1. The molecule has 0 amide bonds. The number of carbonyl (C=O) groups is 1. The van der Waals surface area contributed by atoms with Gasteiger partial charge in [0.05, 0.1) is 11.3 Å². The lowest BCUT2D eigenvalue weighted by Gasteiger charge is -2.45. The number of aromatic carboxylic acids is 1. The second-order valence-corrected chi connectivity index (χ2v) is 7.72. The molecular formula is C16H25N3O2. The quantitative estimate of drug-likeness (QED) is 0.794. The number of nitrogens with zero attached hydrogens (tertiary/aromatic N) is 1. The molecule has 1 fully saturated rings. The molecule has 1 aliphatic carbocycles. The van der Waals surface area contributed by atoms with E-state index >= 15 is 0 Å². The number of hydrogen-bond acceptors (Lipinski definition) is 4. The molecule has 21 heavy (non-hydrogen) atoms. The molecule has 0 aromatic carbocycles. The van der Waals surface area contributed by atoms with E-state index in [4.69, 9.17) is 10.8 Å². The molecule has 0 spiro atoms. The first-order valence-corrected chi connectivity index (χ1v) is 7.33. The number of rotatable bonds is 3. The molecule has 0 saturated heterocycles. The van der Waals surface area contributed by atoms with E-state index in [0.29, 0.717) is 17.5 Å². The topological polar surface area (TPSA) is 88.2 Å². The van der Waals surface area contributed by atoms with Gasteiger partial charge in [0.15, 0.2) is 0 Å². The van der Waals surface area contributed by atoms with Crippen LogP contribution in [0.3, 0.4) is 0 Å². The van der Waals surface area contributed by atoms with Gasteiger partial charge in [0.25, 0.3) is 0 Å². The minimum Gasteiger partial charge on any atom is -0.478 e. The first kappa shape index (κ1) is 15.6. The van der Waals surface area contributed by atoms with Crippen molar-refractivity contribution in [1.82, 2.24) is 4.98 Å². The van der Waals surface area contributed by atoms with Crippen LogP contribution in [0.5, 0.6) is 0 Å². The Balaban J connectivity index is 2.16. The molecule has 0 atom stereocenters. The van der Waals surface area contributed by atoms with E-state index in [1.54, 1.807) is 0 Å². The van der Waals surface area contributed by atoms with E-state index < -0.39 is 5.97 Å². The average molecular weight is 291 g/mol. The van der Waals surface area contributed by atoms with Crippen molar-refractivity contribution in [2.24, 2.45) is 10.8 Å². The molecule has 1 heterocycles. The fourth-order valence-corrected chi connectivity index (χ4v) is 3.86. The Morgan fingerprint density at radius 2 is 1.90 bits per heavy atom. The Kier molecular flexibility index (Phi) is 3.87. The molecule has 1 aromatic heterocycles. The predicted octanol–water partition coefficient (Wildman–Crippen LogP) is 3.38. The molecule has 5 nitrogen and oxygen atoms in total. The fourth-order valence-electron chi connectivity index (χ4n) is 3.86. The smallest absolute Gasteiger partial charge is 0.337 e. The predicted molar refractivity (Wildman–Crippen MR) is 84.4 cm³/mol. The van der Waals surface area contributed by atoms with E-state index in [1.165, 1.54) is 18.7 Å². The van der Waals surface area contributed by atoms with Gasteiger partial charge in [0, 0.05) is 12.2 Å². The van der Waals surface area contributed by atoms with E-state index in [2.05, 4.69) is 38.0 Å². The summed E-state index contributed by atoms with van der Waals surface area (Å²) in [6.07, 6.45) is 4.65. The van der Waals surface area contributed by atoms with Gasteiger partial charge in [-0.1, -0.05) is 27.7 Å². The number of aromatic nitrogens is 1. The van der Waals surface area contributed by atoms with Crippen LogP contribution in [-0.2, 0) is 0 Å². The van der Waals surface area contributed by atoms with Crippen molar-refractivity contribution < 1.29 is 9.90 Å². The monoisotopic (exact) mass is 291 g/mol. The Morgan fingerprint density at radius 3 is 2.38 bits per heavy atom. The number of hydrogen-bond donors (Lipinski definition) is 3. The van der Waals surface area contributed by atoms with Crippen LogP contribution in [0.2, 0.25) is 0 Å². The summed E-state index contributed by atoms with van der Waals surface area (Å²) in [5.41, 5.74) is 6.97. The summed E-state index contributed by atoms with van der Waals surface area (Å²) >= 11 is 0. The summed E-state index contributed by atoms with van der Waals surface area (Å²) in [7, 11) is 0. The minimum absolute atomic E-state index is 0.113. The lowest BCUT2D eigenvalue weighted by atomic mass is 9.63. The third-order valence-electron chi connectivity index (χ3n) is 4.06. The summed E-state index contributed by atoms with van der Waals surface area (Å²) in [4.78, 5) is 15.1. The van der Waals surface area contributed by atoms with Crippen molar-refractivity contribution in [1.29, 1.82) is 0 Å². The van der Waals surface area contributed by atoms with Gasteiger partial charge in [0.2, 0.25) is 0 Å². The summed E-state index contributed by atoms with van der Waals surface area (Å²) in [5, 5.41) is 12.3. The Hall–Kier alpha value is -1.78. The van der Waals surface area contributed by atoms with Crippen LogP contribution in [0.4, 0.5) is 11.5 Å². The molecule has 0 aliphatic heterocycles. The maximum absolute atomic E-state index is 10.9. The van der Waals surface area contributed by atoms with E-state index in [-0.39, 0.29) is 16.4 Å². The standard InChI is InChI=1S/C16H25N3O2/c1-15(2)6-11(7-16(3,4)9-15)19-13-12(17)5-10(8-18-13)14(20)21/h5,8,11H,6-7,9,17H2,1-4H3,(H,18,19)(H,20,21). The van der Waals surface area contributed by atoms with Crippen LogP contribution in [0.15, 0.2) is 12.3 Å². The number of anilines is 2. The molecule has 1 aromatic rings. The van der Waals surface area contributed by atoms with Crippen LogP contribution in [0.25, 0.3) is 0 Å². The van der Waals surface area contributed by atoms with E-state index in [0.717, 1.165) is 12.8 Å². The lowest BCUT2D eigenvalue weighted by molar-refractivity contribution is 0.0696. The van der Waals surface area contributed by atoms with Crippen molar-refractivity contribution >= 4 is 17.5 Å². The van der Waals surface area contributed by atoms with Crippen molar-refractivity contribution in [3.05, 3.63) is 17.8 Å². The molecule has 1 saturated carbocycles. The second kappa shape index (κ2) is 5.20. The average Bonchev–Trinajstić information content (AvgIpc) is 2.27. The van der Waals surface area contributed by atoms with Gasteiger partial charge in [-0.15, -0.1) is 0 Å². The van der Waals surface area contributed by atoms with Gasteiger partial charge >= 0.3 is 5.97 Å². The van der Waals surface area contributed by atoms with Crippen LogP contribution >= 0.6 is 0 Å². The van der Waals surface area contributed by atoms with Gasteiger partial charge in [-0.3, -0.25) is 0 Å². The zero-order valence-corrected chi connectivity index (χ0v) is 13.2. The molecule has 0 bridgehead atoms. The number of carboxylic acid groups (broad SMARTS) is 1. The van der Waals surface area contributed by atoms with Crippen LogP contribution in [0.1, 0.15) is 57.3 Å². The molecule has 5 heteroatoms. The lowest BCUT2D eigenvalue weighted by Crippen LogP contribution is -2.40. The van der Waals surface area contributed by atoms with Crippen LogP contribution < -0.4 is 11.1 Å². The first-order chi connectivity index (χ1) is 9.58. The minimum atomic E-state index is -1.01. The van der Waals surface area contributed by atoms with Crippen molar-refractivity contribution in [3.8, 4) is 0 Å². The van der Waals surface area contributed by atoms with E-state index in [1.807, 2.05) is 0 Å². The number of nitrogens with two attached hydrogens (primary N) is 1. The van der Waals surface area contributed by atoms with Gasteiger partial charge in [0.1, 0.15) is 5.82 Å². The zero-order chi connectivity index (χ0) is 15.8. The molecule has 116 valence electrons. The van der Waals surface area contributed by atoms with Crippen molar-refractivity contribution in [2.75, 3.05) is 11.1 Å². The van der Waals surface area contributed by atoms with Gasteiger partial charge in [-0.05, 0) is 36.2 Å². The summed E-state index contributed by atoms with van der Waals surface area (Å²) < 4.78 is 0. The SMILES string of the molecule is CC1(C)CC(Nc2ncc(C(=O)O)cc2N)CC(C)(C)C1. The largest absolute Gasteiger partial charge is 0.478 e. The third kappa shape index (κ3) is 3.86. The summed E-state index contributed by atoms with van der Waals surface area (Å²) in [5.74, 6) is -0.431. The van der Waals surface area contributed by atoms with Crippen molar-refractivity contribution in [3.63, 3.8) is 0 Å². The normalized spacial score (nSPS) is 21.0. The first-order valence-electron chi connectivity index (χ1n) is 7.33. The maximum atomic E-state index is 10.9.